The summed E-state index contributed by atoms with van der Waals surface area (Å²) in [6.07, 6.45) is 2.19. The van der Waals surface area contributed by atoms with Crippen LogP contribution >= 0.6 is 0 Å². The molecule has 0 saturated carbocycles. The van der Waals surface area contributed by atoms with Crippen molar-refractivity contribution >= 4 is 11.9 Å². The fourth-order valence-electron chi connectivity index (χ4n) is 2.22. The molecule has 1 aromatic rings. The van der Waals surface area contributed by atoms with Crippen LogP contribution in [0.25, 0.3) is 0 Å². The molecule has 6 heteroatoms. The van der Waals surface area contributed by atoms with Crippen LogP contribution in [0, 0.1) is 5.92 Å². The van der Waals surface area contributed by atoms with Gasteiger partial charge in [0, 0.05) is 12.0 Å². The summed E-state index contributed by atoms with van der Waals surface area (Å²) in [4.78, 5) is 23.2. The Morgan fingerprint density at radius 1 is 1.33 bits per heavy atom. The first-order valence-corrected chi connectivity index (χ1v) is 7.39. The molecule has 1 aromatic heterocycles. The van der Waals surface area contributed by atoms with E-state index in [0.29, 0.717) is 6.42 Å². The monoisotopic (exact) mass is 296 g/mol. The third-order valence-electron chi connectivity index (χ3n) is 3.47. The van der Waals surface area contributed by atoms with Gasteiger partial charge in [-0.1, -0.05) is 32.9 Å². The van der Waals surface area contributed by atoms with Crippen LogP contribution in [-0.4, -0.2) is 28.2 Å². The Balaban J connectivity index is 2.76. The standard InChI is InChI=1S/C15H24N2O4/c1-5-10(6-2)11-8-13(21-17-11)14(18)16-12(15(19)20)7-9(3)4/h8-10,12H,5-7H2,1-4H3,(H,16,18)(H,19,20)/t12-/m1/s1. The van der Waals surface area contributed by atoms with E-state index >= 15 is 0 Å². The van der Waals surface area contributed by atoms with Crippen molar-refractivity contribution in [2.45, 2.75) is 58.9 Å². The summed E-state index contributed by atoms with van der Waals surface area (Å²) in [6.45, 7) is 7.90. The lowest BCUT2D eigenvalue weighted by Gasteiger charge is -2.15. The lowest BCUT2D eigenvalue weighted by Crippen LogP contribution is -2.41. The number of carbonyl (C=O) groups is 2. The number of amides is 1. The van der Waals surface area contributed by atoms with Crippen molar-refractivity contribution in [3.05, 3.63) is 17.5 Å². The Hall–Kier alpha value is -1.85. The van der Waals surface area contributed by atoms with Gasteiger partial charge in [-0.05, 0) is 25.2 Å². The third-order valence-corrected chi connectivity index (χ3v) is 3.47. The van der Waals surface area contributed by atoms with Crippen molar-refractivity contribution in [1.29, 1.82) is 0 Å². The Bertz CT molecular complexity index is 478. The number of hydrogen-bond donors (Lipinski definition) is 2. The predicted molar refractivity (Wildman–Crippen MR) is 78.2 cm³/mol. The second-order valence-electron chi connectivity index (χ2n) is 5.62. The van der Waals surface area contributed by atoms with Crippen molar-refractivity contribution in [3.8, 4) is 0 Å². The van der Waals surface area contributed by atoms with Crippen LogP contribution in [0.5, 0.6) is 0 Å². The van der Waals surface area contributed by atoms with Gasteiger partial charge in [0.25, 0.3) is 5.91 Å². The van der Waals surface area contributed by atoms with Crippen molar-refractivity contribution in [2.75, 3.05) is 0 Å². The minimum atomic E-state index is -1.04. The number of carbonyl (C=O) groups excluding carboxylic acids is 1. The Morgan fingerprint density at radius 2 is 1.95 bits per heavy atom. The van der Waals surface area contributed by atoms with Crippen LogP contribution in [0.2, 0.25) is 0 Å². The highest BCUT2D eigenvalue weighted by atomic mass is 16.5. The molecule has 1 heterocycles. The molecule has 0 aliphatic rings. The van der Waals surface area contributed by atoms with Crippen LogP contribution in [-0.2, 0) is 4.79 Å². The van der Waals surface area contributed by atoms with Gasteiger partial charge in [-0.3, -0.25) is 4.79 Å². The summed E-state index contributed by atoms with van der Waals surface area (Å²) in [5.74, 6) is -1.10. The largest absolute Gasteiger partial charge is 0.480 e. The molecule has 1 amide bonds. The smallest absolute Gasteiger partial charge is 0.326 e. The maximum atomic E-state index is 12.0. The van der Waals surface area contributed by atoms with Gasteiger partial charge in [-0.2, -0.15) is 0 Å². The summed E-state index contributed by atoms with van der Waals surface area (Å²) in [5.41, 5.74) is 0.737. The summed E-state index contributed by atoms with van der Waals surface area (Å²) in [7, 11) is 0. The zero-order chi connectivity index (χ0) is 16.0. The van der Waals surface area contributed by atoms with E-state index in [1.807, 2.05) is 27.7 Å². The second kappa shape index (κ2) is 7.81. The molecule has 0 aliphatic heterocycles. The first-order valence-electron chi connectivity index (χ1n) is 7.39. The summed E-state index contributed by atoms with van der Waals surface area (Å²) in [6, 6.07) is 0.681. The van der Waals surface area contributed by atoms with Crippen molar-refractivity contribution in [3.63, 3.8) is 0 Å². The van der Waals surface area contributed by atoms with Gasteiger partial charge < -0.3 is 14.9 Å². The van der Waals surface area contributed by atoms with Crippen molar-refractivity contribution in [1.82, 2.24) is 10.5 Å². The number of rotatable bonds is 8. The topological polar surface area (TPSA) is 92.4 Å². The first kappa shape index (κ1) is 17.2. The molecule has 1 atom stereocenters. The summed E-state index contributed by atoms with van der Waals surface area (Å²) in [5, 5.41) is 15.5. The maximum Gasteiger partial charge on any atom is 0.326 e. The number of aliphatic carboxylic acids is 1. The predicted octanol–water partition coefficient (Wildman–Crippen LogP) is 2.81. The van der Waals surface area contributed by atoms with Crippen LogP contribution < -0.4 is 5.32 Å². The molecule has 2 N–H and O–H groups in total. The highest BCUT2D eigenvalue weighted by Gasteiger charge is 2.24. The van der Waals surface area contributed by atoms with E-state index in [9.17, 15) is 9.59 Å². The van der Waals surface area contributed by atoms with Crippen LogP contribution in [0.15, 0.2) is 10.6 Å². The zero-order valence-electron chi connectivity index (χ0n) is 13.0. The highest BCUT2D eigenvalue weighted by Crippen LogP contribution is 2.22. The van der Waals surface area contributed by atoms with E-state index < -0.39 is 17.9 Å². The Morgan fingerprint density at radius 3 is 2.43 bits per heavy atom. The third kappa shape index (κ3) is 4.88. The lowest BCUT2D eigenvalue weighted by atomic mass is 9.99. The average molecular weight is 296 g/mol. The molecular formula is C15H24N2O4. The van der Waals surface area contributed by atoms with E-state index in [-0.39, 0.29) is 17.6 Å². The van der Waals surface area contributed by atoms with Gasteiger partial charge in [0.15, 0.2) is 0 Å². The van der Waals surface area contributed by atoms with Gasteiger partial charge >= 0.3 is 5.97 Å². The molecule has 0 spiro atoms. The molecular weight excluding hydrogens is 272 g/mol. The van der Waals surface area contributed by atoms with Gasteiger partial charge in [0.2, 0.25) is 5.76 Å². The molecule has 0 saturated heterocycles. The van der Waals surface area contributed by atoms with Gasteiger partial charge in [0.05, 0.1) is 5.69 Å². The molecule has 0 aromatic carbocycles. The summed E-state index contributed by atoms with van der Waals surface area (Å²) >= 11 is 0. The molecule has 0 aliphatic carbocycles. The number of carboxylic acid groups (broad SMARTS) is 1. The average Bonchev–Trinajstić information content (AvgIpc) is 2.88. The number of nitrogens with zero attached hydrogens (tertiary/aromatic N) is 1. The number of aromatic nitrogens is 1. The normalized spacial score (nSPS) is 12.7. The van der Waals surface area contributed by atoms with Gasteiger partial charge in [-0.15, -0.1) is 0 Å². The lowest BCUT2D eigenvalue weighted by molar-refractivity contribution is -0.139. The molecule has 0 unspecified atom stereocenters. The number of hydrogen-bond acceptors (Lipinski definition) is 4. The number of carboxylic acids is 1. The molecule has 0 fully saturated rings. The minimum Gasteiger partial charge on any atom is -0.480 e. The zero-order valence-corrected chi connectivity index (χ0v) is 13.0. The van der Waals surface area contributed by atoms with Crippen molar-refractivity contribution in [2.24, 2.45) is 5.92 Å². The van der Waals surface area contributed by atoms with E-state index in [1.165, 1.54) is 0 Å². The van der Waals surface area contributed by atoms with E-state index in [2.05, 4.69) is 10.5 Å². The quantitative estimate of drug-likeness (QED) is 0.769. The molecule has 1 rings (SSSR count). The molecule has 0 radical (unpaired) electrons. The second-order valence-corrected chi connectivity index (χ2v) is 5.62. The minimum absolute atomic E-state index is 0.0620. The first-order chi connectivity index (χ1) is 9.88. The molecule has 0 bridgehead atoms. The fourth-order valence-corrected chi connectivity index (χ4v) is 2.22. The van der Waals surface area contributed by atoms with Crippen LogP contribution in [0.1, 0.15) is 69.1 Å². The van der Waals surface area contributed by atoms with Gasteiger partial charge in [-0.25, -0.2) is 4.79 Å². The van der Waals surface area contributed by atoms with E-state index in [1.54, 1.807) is 6.07 Å². The molecule has 6 nitrogen and oxygen atoms in total. The molecule has 118 valence electrons. The van der Waals surface area contributed by atoms with Crippen molar-refractivity contribution < 1.29 is 19.2 Å². The summed E-state index contributed by atoms with van der Waals surface area (Å²) < 4.78 is 5.04. The Kier molecular flexibility index (Phi) is 6.39. The Labute approximate surface area is 124 Å². The van der Waals surface area contributed by atoms with E-state index in [4.69, 9.17) is 9.63 Å². The fraction of sp³-hybridized carbons (Fsp3) is 0.667. The van der Waals surface area contributed by atoms with Crippen LogP contribution in [0.3, 0.4) is 0 Å². The van der Waals surface area contributed by atoms with Gasteiger partial charge in [0.1, 0.15) is 6.04 Å². The maximum absolute atomic E-state index is 12.0. The van der Waals surface area contributed by atoms with E-state index in [0.717, 1.165) is 18.5 Å². The van der Waals surface area contributed by atoms with Crippen LogP contribution in [0.4, 0.5) is 0 Å². The number of nitrogens with one attached hydrogen (secondary N) is 1. The highest BCUT2D eigenvalue weighted by molar-refractivity contribution is 5.94. The molecule has 21 heavy (non-hydrogen) atoms. The SMILES string of the molecule is CCC(CC)c1cc(C(=O)N[C@H](CC(C)C)C(=O)O)on1.